The van der Waals surface area contributed by atoms with Crippen molar-refractivity contribution < 1.29 is 9.90 Å². The van der Waals surface area contributed by atoms with Gasteiger partial charge in [-0.05, 0) is 30.6 Å². The van der Waals surface area contributed by atoms with Gasteiger partial charge < -0.3 is 10.8 Å². The number of carboxylic acids is 1. The van der Waals surface area contributed by atoms with E-state index in [1.807, 2.05) is 6.92 Å². The summed E-state index contributed by atoms with van der Waals surface area (Å²) in [6.45, 7) is 6.39. The number of carbonyl (C=O) groups is 1. The standard InChI is InChI=1S/C11H19NO2.ClH/c1-9(2)7-4-5-10(9,3)11(12,6-7)8(13)14;/h7H,4-6,12H2,1-3H3,(H,13,14);1H/t7-,10-,11+;/m1./s1. The zero-order valence-corrected chi connectivity index (χ0v) is 10.4. The highest BCUT2D eigenvalue weighted by molar-refractivity contribution is 5.85. The van der Waals surface area contributed by atoms with Crippen LogP contribution in [0.1, 0.15) is 40.0 Å². The van der Waals surface area contributed by atoms with Crippen LogP contribution in [0.5, 0.6) is 0 Å². The van der Waals surface area contributed by atoms with Crippen molar-refractivity contribution in [1.29, 1.82) is 0 Å². The molecule has 0 aromatic heterocycles. The quantitative estimate of drug-likeness (QED) is 0.729. The van der Waals surface area contributed by atoms with Crippen molar-refractivity contribution in [2.45, 2.75) is 45.6 Å². The number of fused-ring (bicyclic) bond motifs is 2. The number of aliphatic carboxylic acids is 1. The molecule has 4 heteroatoms. The number of hydrogen-bond acceptors (Lipinski definition) is 2. The molecule has 0 radical (unpaired) electrons. The second-order valence-electron chi connectivity index (χ2n) is 5.77. The predicted octanol–water partition coefficient (Wildman–Crippen LogP) is 2.04. The summed E-state index contributed by atoms with van der Waals surface area (Å²) < 4.78 is 0. The van der Waals surface area contributed by atoms with Gasteiger partial charge in [-0.15, -0.1) is 12.4 Å². The van der Waals surface area contributed by atoms with Crippen LogP contribution in [0.2, 0.25) is 0 Å². The number of rotatable bonds is 1. The lowest BCUT2D eigenvalue weighted by Crippen LogP contribution is -2.59. The molecule has 3 nitrogen and oxygen atoms in total. The van der Waals surface area contributed by atoms with Crippen molar-refractivity contribution in [3.05, 3.63) is 0 Å². The van der Waals surface area contributed by atoms with E-state index in [2.05, 4.69) is 13.8 Å². The van der Waals surface area contributed by atoms with Gasteiger partial charge in [0.1, 0.15) is 5.54 Å². The minimum absolute atomic E-state index is 0. The van der Waals surface area contributed by atoms with Crippen LogP contribution in [0.3, 0.4) is 0 Å². The smallest absolute Gasteiger partial charge is 0.324 e. The van der Waals surface area contributed by atoms with Crippen LogP contribution in [0.15, 0.2) is 0 Å². The predicted molar refractivity (Wildman–Crippen MR) is 61.0 cm³/mol. The topological polar surface area (TPSA) is 63.3 Å². The largest absolute Gasteiger partial charge is 0.480 e. The third kappa shape index (κ3) is 1.14. The first kappa shape index (κ1) is 12.8. The maximum absolute atomic E-state index is 11.3. The van der Waals surface area contributed by atoms with Gasteiger partial charge in [-0.3, -0.25) is 4.79 Å². The van der Waals surface area contributed by atoms with Crippen molar-refractivity contribution in [2.24, 2.45) is 22.5 Å². The minimum atomic E-state index is -1.00. The number of hydrogen-bond donors (Lipinski definition) is 2. The minimum Gasteiger partial charge on any atom is -0.480 e. The third-order valence-corrected chi connectivity index (χ3v) is 5.37. The van der Waals surface area contributed by atoms with Crippen LogP contribution >= 0.6 is 12.4 Å². The fraction of sp³-hybridized carbons (Fsp3) is 0.909. The molecular weight excluding hydrogens is 214 g/mol. The van der Waals surface area contributed by atoms with Crippen LogP contribution in [0, 0.1) is 16.7 Å². The van der Waals surface area contributed by atoms with Crippen molar-refractivity contribution in [3.63, 3.8) is 0 Å². The molecule has 0 saturated heterocycles. The molecule has 88 valence electrons. The van der Waals surface area contributed by atoms with E-state index >= 15 is 0 Å². The fourth-order valence-electron chi connectivity index (χ4n) is 3.69. The number of carboxylic acid groups (broad SMARTS) is 1. The van der Waals surface area contributed by atoms with Gasteiger partial charge in [0.2, 0.25) is 0 Å². The molecule has 2 fully saturated rings. The summed E-state index contributed by atoms with van der Waals surface area (Å²) in [4.78, 5) is 11.3. The molecule has 0 heterocycles. The average Bonchev–Trinajstić information content (AvgIpc) is 2.36. The van der Waals surface area contributed by atoms with Gasteiger partial charge in [-0.25, -0.2) is 0 Å². The molecule has 2 rings (SSSR count). The summed E-state index contributed by atoms with van der Waals surface area (Å²) in [6, 6.07) is 0. The van der Waals surface area contributed by atoms with Crippen molar-refractivity contribution >= 4 is 18.4 Å². The maximum Gasteiger partial charge on any atom is 0.324 e. The SMILES string of the molecule is CC1(C)[C@@H]2CC[C@@]1(C)[C@@](N)(C(=O)O)C2.Cl. The molecule has 3 atom stereocenters. The van der Waals surface area contributed by atoms with E-state index in [0.717, 1.165) is 12.8 Å². The lowest BCUT2D eigenvalue weighted by atomic mass is 9.63. The Morgan fingerprint density at radius 1 is 1.40 bits per heavy atom. The van der Waals surface area contributed by atoms with Gasteiger partial charge in [-0.2, -0.15) is 0 Å². The maximum atomic E-state index is 11.3. The van der Waals surface area contributed by atoms with E-state index in [1.165, 1.54) is 0 Å². The zero-order chi connectivity index (χ0) is 10.8. The molecule has 3 N–H and O–H groups in total. The van der Waals surface area contributed by atoms with Crippen molar-refractivity contribution in [2.75, 3.05) is 0 Å². The second kappa shape index (κ2) is 3.11. The summed E-state index contributed by atoms with van der Waals surface area (Å²) in [6.07, 6.45) is 2.73. The summed E-state index contributed by atoms with van der Waals surface area (Å²) in [5.74, 6) is -0.344. The van der Waals surface area contributed by atoms with Gasteiger partial charge in [0.15, 0.2) is 0 Å². The van der Waals surface area contributed by atoms with Crippen molar-refractivity contribution in [1.82, 2.24) is 0 Å². The molecule has 2 saturated carbocycles. The molecule has 0 aromatic rings. The molecule has 0 spiro atoms. The van der Waals surface area contributed by atoms with E-state index < -0.39 is 11.5 Å². The van der Waals surface area contributed by atoms with Gasteiger partial charge >= 0.3 is 5.97 Å². The van der Waals surface area contributed by atoms with Crippen LogP contribution in [-0.2, 0) is 4.79 Å². The van der Waals surface area contributed by atoms with Gasteiger partial charge in [0, 0.05) is 5.41 Å². The molecule has 0 unspecified atom stereocenters. The number of halogens is 1. The van der Waals surface area contributed by atoms with Gasteiger partial charge in [-0.1, -0.05) is 20.8 Å². The molecule has 2 aliphatic rings. The summed E-state index contributed by atoms with van der Waals surface area (Å²) in [5, 5.41) is 9.27. The molecule has 2 bridgehead atoms. The Balaban J connectivity index is 0.00000112. The summed E-state index contributed by atoms with van der Waals surface area (Å²) in [7, 11) is 0. The van der Waals surface area contributed by atoms with Gasteiger partial charge in [0.05, 0.1) is 0 Å². The Morgan fingerprint density at radius 3 is 2.13 bits per heavy atom. The van der Waals surface area contributed by atoms with Crippen LogP contribution in [0.4, 0.5) is 0 Å². The second-order valence-corrected chi connectivity index (χ2v) is 5.77. The molecule has 0 aromatic carbocycles. The Labute approximate surface area is 96.8 Å². The highest BCUT2D eigenvalue weighted by Crippen LogP contribution is 2.68. The van der Waals surface area contributed by atoms with Crippen LogP contribution in [0.25, 0.3) is 0 Å². The molecule has 15 heavy (non-hydrogen) atoms. The van der Waals surface area contributed by atoms with E-state index in [1.54, 1.807) is 0 Å². The molecular formula is C11H20ClNO2. The number of nitrogens with two attached hydrogens (primary N) is 1. The first-order chi connectivity index (χ1) is 6.26. The molecule has 0 amide bonds. The highest BCUT2D eigenvalue weighted by Gasteiger charge is 2.70. The van der Waals surface area contributed by atoms with Crippen LogP contribution < -0.4 is 5.73 Å². The average molecular weight is 234 g/mol. The third-order valence-electron chi connectivity index (χ3n) is 5.37. The lowest BCUT2D eigenvalue weighted by molar-refractivity contribution is -0.149. The first-order valence-corrected chi connectivity index (χ1v) is 5.28. The summed E-state index contributed by atoms with van der Waals surface area (Å²) >= 11 is 0. The Hall–Kier alpha value is -0.280. The van der Waals surface area contributed by atoms with E-state index in [9.17, 15) is 9.90 Å². The Kier molecular flexibility index (Phi) is 2.65. The van der Waals surface area contributed by atoms with E-state index in [4.69, 9.17) is 5.73 Å². The zero-order valence-electron chi connectivity index (χ0n) is 9.54. The monoisotopic (exact) mass is 233 g/mol. The molecule has 2 aliphatic carbocycles. The van der Waals surface area contributed by atoms with Gasteiger partial charge in [0.25, 0.3) is 0 Å². The Morgan fingerprint density at radius 2 is 1.93 bits per heavy atom. The van der Waals surface area contributed by atoms with E-state index in [0.29, 0.717) is 12.3 Å². The highest BCUT2D eigenvalue weighted by atomic mass is 35.5. The normalized spacial score (nSPS) is 46.3. The Bertz CT molecular complexity index is 305. The van der Waals surface area contributed by atoms with Crippen LogP contribution in [-0.4, -0.2) is 16.6 Å². The fourth-order valence-corrected chi connectivity index (χ4v) is 3.69. The van der Waals surface area contributed by atoms with Crippen molar-refractivity contribution in [3.8, 4) is 0 Å². The molecule has 0 aliphatic heterocycles. The summed E-state index contributed by atoms with van der Waals surface area (Å²) in [5.41, 5.74) is 4.93. The van der Waals surface area contributed by atoms with E-state index in [-0.39, 0.29) is 23.2 Å². The first-order valence-electron chi connectivity index (χ1n) is 5.28. The lowest BCUT2D eigenvalue weighted by Gasteiger charge is -2.43.